The summed E-state index contributed by atoms with van der Waals surface area (Å²) in [4.78, 5) is 11.6. The number of carbonyl (C=O) groups excluding carboxylic acids is 1. The third kappa shape index (κ3) is 5.88. The second kappa shape index (κ2) is 7.29. The molecule has 3 nitrogen and oxygen atoms in total. The zero-order chi connectivity index (χ0) is 14.3. The van der Waals surface area contributed by atoms with Crippen LogP contribution < -0.4 is 5.32 Å². The molecule has 0 radical (unpaired) electrons. The zero-order valence-electron chi connectivity index (χ0n) is 12.4. The number of rotatable bonds is 6. The van der Waals surface area contributed by atoms with E-state index in [9.17, 15) is 4.79 Å². The van der Waals surface area contributed by atoms with Crippen LogP contribution in [0.5, 0.6) is 0 Å². The summed E-state index contributed by atoms with van der Waals surface area (Å²) in [5.74, 6) is 0.0867. The fourth-order valence-corrected chi connectivity index (χ4v) is 1.62. The first-order valence-corrected chi connectivity index (χ1v) is 6.86. The fraction of sp³-hybridized carbons (Fsp3) is 0.562. The van der Waals surface area contributed by atoms with Crippen molar-refractivity contribution in [2.45, 2.75) is 40.2 Å². The van der Waals surface area contributed by atoms with Gasteiger partial charge in [-0.1, -0.05) is 51.1 Å². The summed E-state index contributed by atoms with van der Waals surface area (Å²) in [7, 11) is 0. The summed E-state index contributed by atoms with van der Waals surface area (Å²) >= 11 is 0. The minimum Gasteiger partial charge on any atom is -0.374 e. The van der Waals surface area contributed by atoms with Crippen LogP contribution in [-0.4, -0.2) is 19.1 Å². The smallest absolute Gasteiger partial charge is 0.225 e. The summed E-state index contributed by atoms with van der Waals surface area (Å²) in [6, 6.07) is 10.1. The Labute approximate surface area is 116 Å². The van der Waals surface area contributed by atoms with Crippen molar-refractivity contribution in [3.63, 3.8) is 0 Å². The first-order valence-electron chi connectivity index (χ1n) is 6.86. The van der Waals surface area contributed by atoms with E-state index in [-0.39, 0.29) is 17.4 Å². The third-order valence-corrected chi connectivity index (χ3v) is 2.92. The second-order valence-corrected chi connectivity index (χ2v) is 5.78. The van der Waals surface area contributed by atoms with Gasteiger partial charge in [0, 0.05) is 18.6 Å². The molecule has 1 aromatic carbocycles. The maximum atomic E-state index is 11.6. The topological polar surface area (TPSA) is 38.3 Å². The molecular formula is C16H25NO2. The highest BCUT2D eigenvalue weighted by Gasteiger charge is 2.20. The minimum atomic E-state index is -0.321. The van der Waals surface area contributed by atoms with Crippen molar-refractivity contribution in [2.75, 3.05) is 13.2 Å². The monoisotopic (exact) mass is 263 g/mol. The first-order chi connectivity index (χ1) is 8.91. The van der Waals surface area contributed by atoms with Crippen molar-refractivity contribution in [3.8, 4) is 0 Å². The lowest BCUT2D eigenvalue weighted by atomic mass is 9.96. The zero-order valence-corrected chi connectivity index (χ0v) is 12.4. The quantitative estimate of drug-likeness (QED) is 0.800. The Hall–Kier alpha value is -1.35. The summed E-state index contributed by atoms with van der Waals surface area (Å²) in [5, 5.41) is 2.92. The molecule has 3 heteroatoms. The Bertz CT molecular complexity index is 381. The van der Waals surface area contributed by atoms with Gasteiger partial charge >= 0.3 is 0 Å². The summed E-state index contributed by atoms with van der Waals surface area (Å²) in [5.41, 5.74) is 0.860. The Balaban J connectivity index is 2.16. The Morgan fingerprint density at radius 3 is 2.47 bits per heavy atom. The molecular weight excluding hydrogens is 238 g/mol. The molecule has 0 aliphatic carbocycles. The van der Waals surface area contributed by atoms with Crippen LogP contribution in [0.1, 0.15) is 45.8 Å². The molecule has 0 aliphatic heterocycles. The van der Waals surface area contributed by atoms with E-state index in [4.69, 9.17) is 4.74 Å². The highest BCUT2D eigenvalue weighted by Crippen LogP contribution is 2.16. The van der Waals surface area contributed by atoms with E-state index < -0.39 is 0 Å². The Morgan fingerprint density at radius 2 is 1.89 bits per heavy atom. The molecule has 19 heavy (non-hydrogen) atoms. The maximum Gasteiger partial charge on any atom is 0.225 e. The first kappa shape index (κ1) is 15.7. The molecule has 1 N–H and O–H groups in total. The maximum absolute atomic E-state index is 11.6. The average Bonchev–Trinajstić information content (AvgIpc) is 2.37. The summed E-state index contributed by atoms with van der Waals surface area (Å²) < 4.78 is 5.74. The van der Waals surface area contributed by atoms with Crippen LogP contribution in [0, 0.1) is 5.41 Å². The van der Waals surface area contributed by atoms with Gasteiger partial charge in [-0.2, -0.15) is 0 Å². The van der Waals surface area contributed by atoms with Gasteiger partial charge in [-0.15, -0.1) is 0 Å². The lowest BCUT2D eigenvalue weighted by Crippen LogP contribution is -2.35. The van der Waals surface area contributed by atoms with Crippen LogP contribution in [0.15, 0.2) is 30.3 Å². The third-order valence-electron chi connectivity index (χ3n) is 2.92. The summed E-state index contributed by atoms with van der Waals surface area (Å²) in [6.07, 6.45) is 0.929. The number of hydrogen-bond donors (Lipinski definition) is 1. The van der Waals surface area contributed by atoms with E-state index in [0.717, 1.165) is 6.42 Å². The van der Waals surface area contributed by atoms with Crippen molar-refractivity contribution in [3.05, 3.63) is 35.9 Å². The molecule has 0 heterocycles. The van der Waals surface area contributed by atoms with E-state index >= 15 is 0 Å². The van der Waals surface area contributed by atoms with Gasteiger partial charge in [0.15, 0.2) is 0 Å². The molecule has 1 amide bonds. The number of hydrogen-bond acceptors (Lipinski definition) is 2. The molecule has 0 spiro atoms. The predicted octanol–water partition coefficient (Wildman–Crippen LogP) is 3.32. The molecule has 1 aromatic rings. The van der Waals surface area contributed by atoms with Crippen molar-refractivity contribution in [1.82, 2.24) is 5.32 Å². The highest BCUT2D eigenvalue weighted by atomic mass is 16.5. The number of amides is 1. The molecule has 1 unspecified atom stereocenters. The lowest BCUT2D eigenvalue weighted by Gasteiger charge is -2.18. The van der Waals surface area contributed by atoms with Gasteiger partial charge in [0.25, 0.3) is 0 Å². The molecule has 106 valence electrons. The van der Waals surface area contributed by atoms with Crippen molar-refractivity contribution in [1.29, 1.82) is 0 Å². The van der Waals surface area contributed by atoms with Gasteiger partial charge in [0.1, 0.15) is 0 Å². The van der Waals surface area contributed by atoms with E-state index in [2.05, 4.69) is 17.4 Å². The fourth-order valence-electron chi connectivity index (χ4n) is 1.62. The van der Waals surface area contributed by atoms with E-state index in [1.54, 1.807) is 0 Å². The Kier molecular flexibility index (Phi) is 6.03. The molecule has 1 rings (SSSR count). The molecule has 0 saturated carbocycles. The van der Waals surface area contributed by atoms with Gasteiger partial charge in [0.2, 0.25) is 5.91 Å². The van der Waals surface area contributed by atoms with Crippen LogP contribution in [0.25, 0.3) is 0 Å². The van der Waals surface area contributed by atoms with Crippen LogP contribution in [0.4, 0.5) is 0 Å². The van der Waals surface area contributed by atoms with Gasteiger partial charge in [-0.3, -0.25) is 4.79 Å². The largest absolute Gasteiger partial charge is 0.374 e. The highest BCUT2D eigenvalue weighted by molar-refractivity contribution is 5.81. The van der Waals surface area contributed by atoms with Gasteiger partial charge < -0.3 is 10.1 Å². The van der Waals surface area contributed by atoms with Crippen molar-refractivity contribution < 1.29 is 9.53 Å². The van der Waals surface area contributed by atoms with Crippen LogP contribution >= 0.6 is 0 Å². The average molecular weight is 263 g/mol. The van der Waals surface area contributed by atoms with E-state index in [1.165, 1.54) is 5.56 Å². The standard InChI is InChI=1S/C16H25NO2/c1-13(14-9-6-5-7-10-14)19-12-8-11-17-15(18)16(2,3)4/h5-7,9-10,13H,8,11-12H2,1-4H3,(H,17,18). The van der Waals surface area contributed by atoms with Crippen molar-refractivity contribution >= 4 is 5.91 Å². The van der Waals surface area contributed by atoms with Crippen LogP contribution in [-0.2, 0) is 9.53 Å². The number of ether oxygens (including phenoxy) is 1. The number of carbonyl (C=O) groups is 1. The molecule has 0 bridgehead atoms. The van der Waals surface area contributed by atoms with Crippen LogP contribution in [0.3, 0.4) is 0 Å². The lowest BCUT2D eigenvalue weighted by molar-refractivity contribution is -0.128. The SMILES string of the molecule is CC(OCCCNC(=O)C(C)(C)C)c1ccccc1. The number of benzene rings is 1. The predicted molar refractivity (Wildman–Crippen MR) is 77.9 cm³/mol. The Morgan fingerprint density at radius 1 is 1.26 bits per heavy atom. The summed E-state index contributed by atoms with van der Waals surface area (Å²) in [6.45, 7) is 9.10. The molecule has 0 aliphatic rings. The van der Waals surface area contributed by atoms with Crippen molar-refractivity contribution in [2.24, 2.45) is 5.41 Å². The molecule has 0 aromatic heterocycles. The van der Waals surface area contributed by atoms with Crippen LogP contribution in [0.2, 0.25) is 0 Å². The van der Waals surface area contributed by atoms with Gasteiger partial charge in [-0.05, 0) is 18.9 Å². The van der Waals surface area contributed by atoms with Gasteiger partial charge in [-0.25, -0.2) is 0 Å². The molecule has 0 fully saturated rings. The van der Waals surface area contributed by atoms with Gasteiger partial charge in [0.05, 0.1) is 6.10 Å². The second-order valence-electron chi connectivity index (χ2n) is 5.78. The number of nitrogens with one attached hydrogen (secondary N) is 1. The normalized spacial score (nSPS) is 13.1. The van der Waals surface area contributed by atoms with E-state index in [0.29, 0.717) is 13.2 Å². The molecule has 0 saturated heterocycles. The van der Waals surface area contributed by atoms with E-state index in [1.807, 2.05) is 45.9 Å². The molecule has 1 atom stereocenters. The minimum absolute atomic E-state index is 0.0867.